The maximum Gasteiger partial charge on any atom is 0.145 e. The molecule has 1 atom stereocenters. The topological polar surface area (TPSA) is 47.7 Å². The molecule has 0 spiro atoms. The van der Waals surface area contributed by atoms with Gasteiger partial charge in [0.1, 0.15) is 24.3 Å². The summed E-state index contributed by atoms with van der Waals surface area (Å²) in [5, 5.41) is 0. The monoisotopic (exact) mass is 240 g/mol. The lowest BCUT2D eigenvalue weighted by Crippen LogP contribution is -2.42. The van der Waals surface area contributed by atoms with Gasteiger partial charge in [-0.2, -0.15) is 0 Å². The van der Waals surface area contributed by atoms with E-state index in [0.29, 0.717) is 24.7 Å². The van der Waals surface area contributed by atoms with E-state index in [-0.39, 0.29) is 11.9 Å². The second-order valence-electron chi connectivity index (χ2n) is 4.25. The van der Waals surface area contributed by atoms with Crippen molar-refractivity contribution in [1.29, 1.82) is 0 Å². The Hall–Kier alpha value is -1.33. The van der Waals surface area contributed by atoms with Gasteiger partial charge in [0.25, 0.3) is 0 Å². The highest BCUT2D eigenvalue weighted by Gasteiger charge is 2.18. The molecule has 94 valence electrons. The van der Waals surface area contributed by atoms with Gasteiger partial charge in [-0.3, -0.25) is 0 Å². The minimum absolute atomic E-state index is 0.0106. The van der Waals surface area contributed by atoms with Crippen LogP contribution in [-0.2, 0) is 4.74 Å². The fourth-order valence-corrected chi connectivity index (χ4v) is 1.78. The number of halogens is 1. The number of hydrogen-bond acceptors (Lipinski definition) is 4. The first-order valence-corrected chi connectivity index (χ1v) is 5.63. The molecule has 0 bridgehead atoms. The van der Waals surface area contributed by atoms with Crippen molar-refractivity contribution < 1.29 is 13.9 Å². The number of morpholine rings is 1. The van der Waals surface area contributed by atoms with Gasteiger partial charge in [-0.15, -0.1) is 0 Å². The number of nitrogens with zero attached hydrogens (tertiary/aromatic N) is 1. The molecular weight excluding hydrogens is 223 g/mol. The second kappa shape index (κ2) is 5.33. The normalized spacial score (nSPS) is 21.4. The smallest absolute Gasteiger partial charge is 0.145 e. The number of nitrogen functional groups attached to an aromatic ring is 1. The maximum atomic E-state index is 13.0. The first-order chi connectivity index (χ1) is 8.15. The van der Waals surface area contributed by atoms with E-state index in [1.807, 2.05) is 7.05 Å². The fraction of sp³-hybridized carbons (Fsp3) is 0.500. The Bertz CT molecular complexity index is 387. The van der Waals surface area contributed by atoms with Crippen LogP contribution in [0.4, 0.5) is 10.1 Å². The standard InChI is InChI=1S/C12H17FN2O2/c1-15-4-5-16-10(7-15)8-17-12-6-9(13)2-3-11(12)14/h2-3,6,10H,4-5,7-8,14H2,1H3. The molecule has 1 aliphatic heterocycles. The molecule has 1 unspecified atom stereocenters. The number of hydrogen-bond donors (Lipinski definition) is 1. The number of anilines is 1. The van der Waals surface area contributed by atoms with Gasteiger partial charge < -0.3 is 20.1 Å². The Morgan fingerprint density at radius 1 is 1.59 bits per heavy atom. The van der Waals surface area contributed by atoms with E-state index in [4.69, 9.17) is 15.2 Å². The molecule has 0 saturated carbocycles. The fourth-order valence-electron chi connectivity index (χ4n) is 1.78. The van der Waals surface area contributed by atoms with Crippen LogP contribution in [0.15, 0.2) is 18.2 Å². The number of rotatable bonds is 3. The largest absolute Gasteiger partial charge is 0.489 e. The van der Waals surface area contributed by atoms with Crippen LogP contribution in [0.25, 0.3) is 0 Å². The van der Waals surface area contributed by atoms with E-state index in [0.717, 1.165) is 13.1 Å². The molecule has 1 heterocycles. The summed E-state index contributed by atoms with van der Waals surface area (Å²) < 4.78 is 24.0. The molecule has 1 saturated heterocycles. The summed E-state index contributed by atoms with van der Waals surface area (Å²) in [5.41, 5.74) is 6.13. The predicted molar refractivity (Wildman–Crippen MR) is 63.5 cm³/mol. The average molecular weight is 240 g/mol. The van der Waals surface area contributed by atoms with Gasteiger partial charge >= 0.3 is 0 Å². The summed E-state index contributed by atoms with van der Waals surface area (Å²) in [6.45, 7) is 2.83. The maximum absolute atomic E-state index is 13.0. The summed E-state index contributed by atoms with van der Waals surface area (Å²) >= 11 is 0. The van der Waals surface area contributed by atoms with Crippen molar-refractivity contribution in [3.05, 3.63) is 24.0 Å². The van der Waals surface area contributed by atoms with Crippen molar-refractivity contribution in [1.82, 2.24) is 4.90 Å². The van der Waals surface area contributed by atoms with Gasteiger partial charge in [0.05, 0.1) is 12.3 Å². The molecule has 1 aromatic carbocycles. The van der Waals surface area contributed by atoms with Crippen LogP contribution in [0.2, 0.25) is 0 Å². The molecule has 2 N–H and O–H groups in total. The van der Waals surface area contributed by atoms with E-state index in [2.05, 4.69) is 4.90 Å². The quantitative estimate of drug-likeness (QED) is 0.804. The molecule has 1 aromatic rings. The highest BCUT2D eigenvalue weighted by molar-refractivity contribution is 5.52. The molecule has 17 heavy (non-hydrogen) atoms. The zero-order chi connectivity index (χ0) is 12.3. The predicted octanol–water partition coefficient (Wildman–Crippen LogP) is 1.12. The van der Waals surface area contributed by atoms with Crippen LogP contribution in [0, 0.1) is 5.82 Å². The van der Waals surface area contributed by atoms with Crippen molar-refractivity contribution >= 4 is 5.69 Å². The summed E-state index contributed by atoms with van der Waals surface area (Å²) in [6.07, 6.45) is 0.0106. The Morgan fingerprint density at radius 3 is 3.18 bits per heavy atom. The van der Waals surface area contributed by atoms with Gasteiger partial charge in [0.2, 0.25) is 0 Å². The van der Waals surface area contributed by atoms with E-state index in [9.17, 15) is 4.39 Å². The number of likely N-dealkylation sites (N-methyl/N-ethyl adjacent to an activating group) is 1. The van der Waals surface area contributed by atoms with Crippen molar-refractivity contribution in [2.45, 2.75) is 6.10 Å². The van der Waals surface area contributed by atoms with E-state index in [1.54, 1.807) is 0 Å². The van der Waals surface area contributed by atoms with Gasteiger partial charge in [0, 0.05) is 19.2 Å². The third-order valence-corrected chi connectivity index (χ3v) is 2.74. The van der Waals surface area contributed by atoms with Crippen molar-refractivity contribution in [2.75, 3.05) is 39.1 Å². The van der Waals surface area contributed by atoms with Gasteiger partial charge in [0.15, 0.2) is 0 Å². The van der Waals surface area contributed by atoms with Crippen molar-refractivity contribution in [3.8, 4) is 5.75 Å². The second-order valence-corrected chi connectivity index (χ2v) is 4.25. The van der Waals surface area contributed by atoms with E-state index >= 15 is 0 Å². The van der Waals surface area contributed by atoms with E-state index < -0.39 is 0 Å². The number of ether oxygens (including phenoxy) is 2. The minimum Gasteiger partial charge on any atom is -0.489 e. The molecule has 1 aliphatic rings. The highest BCUT2D eigenvalue weighted by atomic mass is 19.1. The Kier molecular flexibility index (Phi) is 3.81. The zero-order valence-corrected chi connectivity index (χ0v) is 9.86. The third-order valence-electron chi connectivity index (χ3n) is 2.74. The lowest BCUT2D eigenvalue weighted by molar-refractivity contribution is -0.0402. The molecule has 0 aromatic heterocycles. The average Bonchev–Trinajstić information content (AvgIpc) is 2.30. The molecule has 0 aliphatic carbocycles. The summed E-state index contributed by atoms with van der Waals surface area (Å²) in [7, 11) is 2.03. The van der Waals surface area contributed by atoms with Crippen LogP contribution >= 0.6 is 0 Å². The van der Waals surface area contributed by atoms with Crippen LogP contribution in [0.5, 0.6) is 5.75 Å². The Labute approximate surface area is 100 Å². The molecule has 0 amide bonds. The van der Waals surface area contributed by atoms with Gasteiger partial charge in [-0.05, 0) is 19.2 Å². The van der Waals surface area contributed by atoms with Crippen molar-refractivity contribution in [2.24, 2.45) is 0 Å². The number of benzene rings is 1. The van der Waals surface area contributed by atoms with Crippen LogP contribution in [0.1, 0.15) is 0 Å². The summed E-state index contributed by atoms with van der Waals surface area (Å²) in [6, 6.07) is 4.10. The minimum atomic E-state index is -0.351. The first kappa shape index (κ1) is 12.1. The SMILES string of the molecule is CN1CCOC(COc2cc(F)ccc2N)C1. The summed E-state index contributed by atoms with van der Waals surface area (Å²) in [4.78, 5) is 2.17. The highest BCUT2D eigenvalue weighted by Crippen LogP contribution is 2.22. The van der Waals surface area contributed by atoms with Crippen LogP contribution in [-0.4, -0.2) is 44.4 Å². The molecular formula is C12H17FN2O2. The molecule has 1 fully saturated rings. The molecule has 2 rings (SSSR count). The number of nitrogens with two attached hydrogens (primary N) is 1. The molecule has 4 nitrogen and oxygen atoms in total. The lowest BCUT2D eigenvalue weighted by Gasteiger charge is -2.29. The van der Waals surface area contributed by atoms with Crippen LogP contribution in [0.3, 0.4) is 0 Å². The zero-order valence-electron chi connectivity index (χ0n) is 9.86. The van der Waals surface area contributed by atoms with Gasteiger partial charge in [-0.25, -0.2) is 4.39 Å². The molecule has 0 radical (unpaired) electrons. The Morgan fingerprint density at radius 2 is 2.41 bits per heavy atom. The van der Waals surface area contributed by atoms with Crippen molar-refractivity contribution in [3.63, 3.8) is 0 Å². The van der Waals surface area contributed by atoms with E-state index in [1.165, 1.54) is 18.2 Å². The third kappa shape index (κ3) is 3.31. The lowest BCUT2D eigenvalue weighted by atomic mass is 10.3. The van der Waals surface area contributed by atoms with Crippen LogP contribution < -0.4 is 10.5 Å². The molecule has 5 heteroatoms. The first-order valence-electron chi connectivity index (χ1n) is 5.63. The summed E-state index contributed by atoms with van der Waals surface area (Å²) in [5.74, 6) is 0.0257. The Balaban J connectivity index is 1.90. The van der Waals surface area contributed by atoms with Gasteiger partial charge in [-0.1, -0.05) is 0 Å².